The molecule has 0 fully saturated rings. The van der Waals surface area contributed by atoms with Crippen LogP contribution in [0.4, 0.5) is 0 Å². The normalized spacial score (nSPS) is 9.25. The summed E-state index contributed by atoms with van der Waals surface area (Å²) in [4.78, 5) is 0. The second-order valence-corrected chi connectivity index (χ2v) is 4.78. The Balaban J connectivity index is 3.49. The van der Waals surface area contributed by atoms with Gasteiger partial charge in [0.1, 0.15) is 0 Å². The van der Waals surface area contributed by atoms with Gasteiger partial charge in [-0.1, -0.05) is 0 Å². The van der Waals surface area contributed by atoms with Gasteiger partial charge in [0.2, 0.25) is 0 Å². The molecule has 0 unspecified atom stereocenters. The van der Waals surface area contributed by atoms with Crippen molar-refractivity contribution >= 4 is 5.96 Å². The Morgan fingerprint density at radius 3 is 3.00 bits per heavy atom. The van der Waals surface area contributed by atoms with E-state index in [1.54, 1.807) is 6.19 Å². The number of nitrogens with one attached hydrogen (secondary N) is 1. The molecule has 0 rings (SSSR count). The van der Waals surface area contributed by atoms with E-state index >= 15 is 0 Å². The Hall–Kier alpha value is -0.305. The van der Waals surface area contributed by atoms with Crippen molar-refractivity contribution in [2.45, 2.75) is 4.43 Å². The number of rotatable bonds is 1. The van der Waals surface area contributed by atoms with Crippen molar-refractivity contribution in [1.82, 2.24) is 5.32 Å². The molecule has 5 heteroatoms. The third-order valence-electron chi connectivity index (χ3n) is 0.512. The average Bonchev–Trinajstić information content (AvgIpc) is 1.68. The summed E-state index contributed by atoms with van der Waals surface area (Å²) in [5, 5.41) is 10.2. The molecule has 0 aliphatic heterocycles. The maximum atomic E-state index is 7.97. The van der Waals surface area contributed by atoms with Crippen molar-refractivity contribution in [3.8, 4) is 6.19 Å². The molecule has 0 heterocycles. The van der Waals surface area contributed by atoms with E-state index in [9.17, 15) is 0 Å². The van der Waals surface area contributed by atoms with Crippen LogP contribution in [0.1, 0.15) is 0 Å². The van der Waals surface area contributed by atoms with Crippen LogP contribution in [0.5, 0.6) is 0 Å². The molecule has 8 heavy (non-hydrogen) atoms. The minimum absolute atomic E-state index is 0.275. The third-order valence-corrected chi connectivity index (χ3v) is 3.07. The summed E-state index contributed by atoms with van der Waals surface area (Å²) >= 11 is -1.01. The summed E-state index contributed by atoms with van der Waals surface area (Å²) in [5.74, 6) is 0.275. The summed E-state index contributed by atoms with van der Waals surface area (Å²) in [7, 11) is 0. The van der Waals surface area contributed by atoms with E-state index in [1.807, 2.05) is 0 Å². The minimum atomic E-state index is -1.01. The number of nitriles is 1. The molecule has 0 amide bonds. The second-order valence-electron chi connectivity index (χ2n) is 1.10. The molecule has 0 aromatic carbocycles. The number of nitrogens with two attached hydrogens (primary N) is 1. The van der Waals surface area contributed by atoms with Crippen molar-refractivity contribution < 1.29 is 24.9 Å². The predicted octanol–water partition coefficient (Wildman–Crippen LogP) is -0.583. The van der Waals surface area contributed by atoms with Gasteiger partial charge >= 0.3 is 60.5 Å². The van der Waals surface area contributed by atoms with Gasteiger partial charge < -0.3 is 0 Å². The van der Waals surface area contributed by atoms with Gasteiger partial charge in [0.05, 0.1) is 0 Å². The van der Waals surface area contributed by atoms with Gasteiger partial charge in [-0.25, -0.2) is 0 Å². The number of nitrogens with zero attached hydrogens (tertiary/aromatic N) is 2. The van der Waals surface area contributed by atoms with Gasteiger partial charge in [0.15, 0.2) is 0 Å². The van der Waals surface area contributed by atoms with E-state index in [4.69, 9.17) is 11.0 Å². The molecule has 0 spiro atoms. The van der Waals surface area contributed by atoms with Gasteiger partial charge in [0.25, 0.3) is 0 Å². The van der Waals surface area contributed by atoms with E-state index in [2.05, 4.69) is 12.5 Å². The Morgan fingerprint density at radius 1 is 2.00 bits per heavy atom. The summed E-state index contributed by atoms with van der Waals surface area (Å²) in [5.41, 5.74) is 5.17. The first-order chi connectivity index (χ1) is 3.81. The maximum absolute atomic E-state index is 7.97. The van der Waals surface area contributed by atoms with Crippen molar-refractivity contribution in [2.75, 3.05) is 0 Å². The van der Waals surface area contributed by atoms with Crippen LogP contribution in [-0.4, -0.2) is 5.96 Å². The van der Waals surface area contributed by atoms with Crippen LogP contribution < -0.4 is 11.1 Å². The fourth-order valence-corrected chi connectivity index (χ4v) is 1.90. The van der Waals surface area contributed by atoms with Crippen molar-refractivity contribution in [2.24, 2.45) is 8.49 Å². The van der Waals surface area contributed by atoms with E-state index in [1.165, 1.54) is 0 Å². The number of hydrogen-bond acceptors (Lipinski definition) is 2. The number of hydrogen-bond donors (Lipinski definition) is 2. The van der Waals surface area contributed by atoms with Crippen molar-refractivity contribution in [1.29, 1.82) is 5.26 Å². The van der Waals surface area contributed by atoms with E-state index in [0.29, 0.717) is 0 Å². The predicted molar refractivity (Wildman–Crippen MR) is 26.2 cm³/mol. The van der Waals surface area contributed by atoms with Crippen molar-refractivity contribution in [3.05, 3.63) is 0 Å². The van der Waals surface area contributed by atoms with Crippen LogP contribution in [0, 0.1) is 11.5 Å². The van der Waals surface area contributed by atoms with Crippen LogP contribution in [0.2, 0.25) is 4.43 Å². The quantitative estimate of drug-likeness (QED) is 0.224. The Kier molecular flexibility index (Phi) is 4.66. The molecule has 40 valence electrons. The van der Waals surface area contributed by atoms with E-state index < -0.39 is 24.9 Å². The van der Waals surface area contributed by atoms with Gasteiger partial charge in [-0.05, 0) is 0 Å². The van der Waals surface area contributed by atoms with E-state index in [0.717, 1.165) is 0 Å². The van der Waals surface area contributed by atoms with Crippen molar-refractivity contribution in [3.63, 3.8) is 0 Å². The van der Waals surface area contributed by atoms with Crippen LogP contribution >= 0.6 is 0 Å². The molecule has 0 bridgehead atoms. The zero-order chi connectivity index (χ0) is 6.41. The fourth-order valence-electron chi connectivity index (χ4n) is 0.267. The van der Waals surface area contributed by atoms with Gasteiger partial charge in [-0.15, -0.1) is 0 Å². The first-order valence-corrected chi connectivity index (χ1v) is 10.2. The van der Waals surface area contributed by atoms with Crippen LogP contribution in [0.15, 0.2) is 2.76 Å². The molecular formula is C3H6HgN4. The average molecular weight is 299 g/mol. The Labute approximate surface area is 60.6 Å². The standard InChI is InChI=1S/C2H3N4.CH3.Hg/c3-1-6-2(4)5;;/h(H3-,4,5,6);1H3;/q-1;;+1. The Bertz CT molecular complexity index is 124. The van der Waals surface area contributed by atoms with Gasteiger partial charge in [-0.3, -0.25) is 0 Å². The van der Waals surface area contributed by atoms with E-state index in [-0.39, 0.29) is 5.96 Å². The molecule has 0 aromatic rings. The molecular weight excluding hydrogens is 293 g/mol. The first-order valence-electron chi connectivity index (χ1n) is 2.26. The Morgan fingerprint density at radius 2 is 2.62 bits per heavy atom. The summed E-state index contributed by atoms with van der Waals surface area (Å²) < 4.78 is 5.96. The second kappa shape index (κ2) is 4.84. The number of guanidine groups is 1. The van der Waals surface area contributed by atoms with Gasteiger partial charge in [0, 0.05) is 0 Å². The molecule has 0 saturated carbocycles. The van der Waals surface area contributed by atoms with Gasteiger partial charge in [-0.2, -0.15) is 0 Å². The molecule has 3 N–H and O–H groups in total. The third kappa shape index (κ3) is 3.87. The SMILES string of the molecule is [CH3][Hg]/[N]=C(\N)NC#N. The topological polar surface area (TPSA) is 74.2 Å². The fraction of sp³-hybridized carbons (Fsp3) is 0.333. The molecule has 0 aliphatic rings. The summed E-state index contributed by atoms with van der Waals surface area (Å²) in [6.07, 6.45) is 1.68. The zero-order valence-corrected chi connectivity index (χ0v) is 10.2. The molecule has 0 aromatic heterocycles. The zero-order valence-electron chi connectivity index (χ0n) is 4.68. The molecule has 0 radical (unpaired) electrons. The molecule has 0 atom stereocenters. The monoisotopic (exact) mass is 300 g/mol. The summed E-state index contributed by atoms with van der Waals surface area (Å²) in [6.45, 7) is 0. The van der Waals surface area contributed by atoms with Crippen LogP contribution in [0.25, 0.3) is 0 Å². The van der Waals surface area contributed by atoms with Crippen LogP contribution in [-0.2, 0) is 24.9 Å². The molecule has 0 aliphatic carbocycles. The molecule has 4 nitrogen and oxygen atoms in total. The van der Waals surface area contributed by atoms with Crippen LogP contribution in [0.3, 0.4) is 0 Å². The first kappa shape index (κ1) is 7.70. The summed E-state index contributed by atoms with van der Waals surface area (Å²) in [6, 6.07) is 0. The molecule has 0 saturated heterocycles.